The van der Waals surface area contributed by atoms with Crippen molar-refractivity contribution in [1.82, 2.24) is 0 Å². The van der Waals surface area contributed by atoms with Gasteiger partial charge in [0.2, 0.25) is 0 Å². The Morgan fingerprint density at radius 3 is 1.86 bits per heavy atom. The molecule has 2 heteroatoms. The lowest BCUT2D eigenvalue weighted by Crippen LogP contribution is -2.09. The third kappa shape index (κ3) is 1.27. The Balaban J connectivity index is 2.57. The Labute approximate surface area is 45.5 Å². The zero-order valence-electron chi connectivity index (χ0n) is 4.68. The van der Waals surface area contributed by atoms with Gasteiger partial charge in [0.1, 0.15) is 0 Å². The zero-order valence-corrected chi connectivity index (χ0v) is 5.58. The normalized spacial score (nSPS) is 32.7. The Hall–Kier alpha value is 0.150. The number of hydrogen-bond donors (Lipinski definition) is 1. The molecule has 1 heterocycles. The number of thiol groups is 1. The minimum Gasteiger partial charge on any atom is -0.285 e. The van der Waals surface area contributed by atoms with Crippen LogP contribution in [0.25, 0.3) is 0 Å². The maximum Gasteiger partial charge on any atom is 0.00105 e. The van der Waals surface area contributed by atoms with Gasteiger partial charge >= 0.3 is 0 Å². The summed E-state index contributed by atoms with van der Waals surface area (Å²) in [7, 11) is -1.54. The fourth-order valence-electron chi connectivity index (χ4n) is 1.00. The highest BCUT2D eigenvalue weighted by Crippen LogP contribution is 2.14. The Kier molecular flexibility index (Phi) is 1.20. The highest BCUT2D eigenvalue weighted by molar-refractivity contribution is 8.02. The van der Waals surface area contributed by atoms with Gasteiger partial charge in [-0.05, 0) is 19.1 Å². The van der Waals surface area contributed by atoms with E-state index in [2.05, 4.69) is 0 Å². The molecule has 0 aromatic heterocycles. The average molecular weight is 120 g/mol. The van der Waals surface area contributed by atoms with E-state index in [1.165, 1.54) is 12.8 Å². The van der Waals surface area contributed by atoms with Crippen molar-refractivity contribution in [3.8, 4) is 0 Å². The fourth-order valence-corrected chi connectivity index (χ4v) is 3.01. The summed E-state index contributed by atoms with van der Waals surface area (Å²) in [6, 6.07) is 0. The molecule has 0 atom stereocenters. The molecular weight excluding hydrogens is 108 g/mol. The number of hydrogen-bond acceptors (Lipinski definition) is 1. The second kappa shape index (κ2) is 1.58. The molecule has 1 aliphatic heterocycles. The van der Waals surface area contributed by atoms with E-state index in [1.54, 1.807) is 0 Å². The van der Waals surface area contributed by atoms with Crippen LogP contribution in [-0.4, -0.2) is 22.0 Å². The van der Waals surface area contributed by atoms with E-state index in [1.807, 2.05) is 6.26 Å². The third-order valence-corrected chi connectivity index (χ3v) is 4.04. The maximum absolute atomic E-state index is 11.0. The monoisotopic (exact) mass is 120 g/mol. The summed E-state index contributed by atoms with van der Waals surface area (Å²) in [5.41, 5.74) is 0. The predicted octanol–water partition coefficient (Wildman–Crippen LogP) is 0.427. The van der Waals surface area contributed by atoms with Crippen molar-refractivity contribution < 1.29 is 4.21 Å². The van der Waals surface area contributed by atoms with Crippen LogP contribution in [0.5, 0.6) is 0 Å². The first-order chi connectivity index (χ1) is 3.21. The molecule has 1 nitrogen and oxygen atoms in total. The molecule has 1 aliphatic rings. The van der Waals surface area contributed by atoms with Crippen molar-refractivity contribution in [2.75, 3.05) is 17.8 Å². The van der Waals surface area contributed by atoms with Crippen LogP contribution in [0.1, 0.15) is 12.8 Å². The summed E-state index contributed by atoms with van der Waals surface area (Å²) in [5.74, 6) is 2.01. The van der Waals surface area contributed by atoms with Crippen LogP contribution in [-0.2, 0) is 9.93 Å². The Morgan fingerprint density at radius 2 is 1.71 bits per heavy atom. The van der Waals surface area contributed by atoms with Crippen molar-refractivity contribution in [2.45, 2.75) is 12.8 Å². The molecule has 0 unspecified atom stereocenters. The molecule has 7 heavy (non-hydrogen) atoms. The van der Waals surface area contributed by atoms with E-state index >= 15 is 0 Å². The third-order valence-electron chi connectivity index (χ3n) is 1.51. The largest absolute Gasteiger partial charge is 0.285 e. The molecule has 0 aromatic rings. The van der Waals surface area contributed by atoms with Gasteiger partial charge in [-0.25, -0.2) is 0 Å². The SMILES string of the molecule is C[SH]1(=O)CCCC1. The summed E-state index contributed by atoms with van der Waals surface area (Å²) < 4.78 is 11.0. The van der Waals surface area contributed by atoms with E-state index in [-0.39, 0.29) is 0 Å². The molecule has 0 saturated carbocycles. The topological polar surface area (TPSA) is 17.1 Å². The molecule has 0 radical (unpaired) electrons. The van der Waals surface area contributed by atoms with Crippen LogP contribution in [0, 0.1) is 0 Å². The van der Waals surface area contributed by atoms with Gasteiger partial charge in [-0.1, -0.05) is 0 Å². The number of rotatable bonds is 0. The smallest absolute Gasteiger partial charge is 0.00105 e. The highest BCUT2D eigenvalue weighted by Gasteiger charge is 2.13. The van der Waals surface area contributed by atoms with Gasteiger partial charge in [-0.2, -0.15) is 0 Å². The lowest BCUT2D eigenvalue weighted by atomic mass is 10.4. The van der Waals surface area contributed by atoms with Crippen LogP contribution < -0.4 is 0 Å². The summed E-state index contributed by atoms with van der Waals surface area (Å²) in [6.45, 7) is 0. The molecule has 1 saturated heterocycles. The molecule has 1 rings (SSSR count). The molecule has 0 aromatic carbocycles. The predicted molar refractivity (Wildman–Crippen MR) is 34.4 cm³/mol. The summed E-state index contributed by atoms with van der Waals surface area (Å²) in [4.78, 5) is 0. The van der Waals surface area contributed by atoms with Crippen LogP contribution in [0.2, 0.25) is 0 Å². The van der Waals surface area contributed by atoms with Crippen molar-refractivity contribution in [3.63, 3.8) is 0 Å². The molecule has 0 spiro atoms. The first kappa shape index (κ1) is 5.29. The Morgan fingerprint density at radius 1 is 1.29 bits per heavy atom. The van der Waals surface area contributed by atoms with Gasteiger partial charge < -0.3 is 0 Å². The van der Waals surface area contributed by atoms with E-state index in [0.29, 0.717) is 0 Å². The molecule has 0 aliphatic carbocycles. The molecule has 1 fully saturated rings. The van der Waals surface area contributed by atoms with Crippen LogP contribution in [0.3, 0.4) is 0 Å². The minimum atomic E-state index is -1.54. The molecule has 0 bridgehead atoms. The second-order valence-corrected chi connectivity index (χ2v) is 5.94. The van der Waals surface area contributed by atoms with Gasteiger partial charge in [0.05, 0.1) is 0 Å². The van der Waals surface area contributed by atoms with Gasteiger partial charge in [-0.3, -0.25) is 4.21 Å². The maximum atomic E-state index is 11.0. The van der Waals surface area contributed by atoms with Gasteiger partial charge in [-0.15, -0.1) is 9.93 Å². The van der Waals surface area contributed by atoms with Gasteiger partial charge in [0.25, 0.3) is 0 Å². The average Bonchev–Trinajstić information content (AvgIpc) is 1.84. The summed E-state index contributed by atoms with van der Waals surface area (Å²) in [6.07, 6.45) is 4.32. The van der Waals surface area contributed by atoms with Crippen molar-refractivity contribution >= 4 is 9.93 Å². The lowest BCUT2D eigenvalue weighted by molar-refractivity contribution is 0.679. The molecule has 0 N–H and O–H groups in total. The standard InChI is InChI=1S/C5H12OS/c1-7(6)4-2-3-5-7/h7H,2-5H2,1H3. The van der Waals surface area contributed by atoms with Crippen molar-refractivity contribution in [2.24, 2.45) is 0 Å². The van der Waals surface area contributed by atoms with Crippen LogP contribution in [0.15, 0.2) is 0 Å². The highest BCUT2D eigenvalue weighted by atomic mass is 32.2. The first-order valence-corrected chi connectivity index (χ1v) is 5.29. The van der Waals surface area contributed by atoms with Crippen molar-refractivity contribution in [1.29, 1.82) is 0 Å². The van der Waals surface area contributed by atoms with Gasteiger partial charge in [0, 0.05) is 11.5 Å². The summed E-state index contributed by atoms with van der Waals surface area (Å²) >= 11 is 0. The Bertz CT molecular complexity index is 98.6. The fraction of sp³-hybridized carbons (Fsp3) is 1.00. The van der Waals surface area contributed by atoms with Gasteiger partial charge in [0.15, 0.2) is 0 Å². The quantitative estimate of drug-likeness (QED) is 0.459. The van der Waals surface area contributed by atoms with E-state index in [9.17, 15) is 4.21 Å². The lowest BCUT2D eigenvalue weighted by Gasteiger charge is -2.05. The molecule has 0 amide bonds. The zero-order chi connectivity index (χ0) is 5.33. The van der Waals surface area contributed by atoms with E-state index in [4.69, 9.17) is 0 Å². The van der Waals surface area contributed by atoms with Crippen LogP contribution >= 0.6 is 0 Å². The second-order valence-electron chi connectivity index (χ2n) is 2.45. The first-order valence-electron chi connectivity index (χ1n) is 2.76. The molecule has 44 valence electrons. The minimum absolute atomic E-state index is 1.01. The molecular formula is C5H12OS. The van der Waals surface area contributed by atoms with Crippen LogP contribution in [0.4, 0.5) is 0 Å². The van der Waals surface area contributed by atoms with E-state index in [0.717, 1.165) is 11.5 Å². The van der Waals surface area contributed by atoms with E-state index < -0.39 is 9.93 Å². The summed E-state index contributed by atoms with van der Waals surface area (Å²) in [5, 5.41) is 0. The van der Waals surface area contributed by atoms with Crippen molar-refractivity contribution in [3.05, 3.63) is 0 Å².